The average Bonchev–Trinajstić information content (AvgIpc) is 3.00. The zero-order valence-corrected chi connectivity index (χ0v) is 16.9. The number of non-ortho nitro benzene ring substituents is 1. The molecule has 2 aromatic carbocycles. The molecule has 0 unspecified atom stereocenters. The second-order valence-electron chi connectivity index (χ2n) is 7.00. The molecule has 0 aliphatic carbocycles. The van der Waals surface area contributed by atoms with Gasteiger partial charge in [0.2, 0.25) is 0 Å². The topological polar surface area (TPSA) is 93.0 Å². The summed E-state index contributed by atoms with van der Waals surface area (Å²) in [5.41, 5.74) is 1.99. The average molecular weight is 428 g/mol. The molecule has 2 amide bonds. The van der Waals surface area contributed by atoms with Gasteiger partial charge in [-0.25, -0.2) is 4.90 Å². The van der Waals surface area contributed by atoms with Crippen molar-refractivity contribution in [3.05, 3.63) is 74.4 Å². The zero-order valence-electron chi connectivity index (χ0n) is 16.1. The fourth-order valence-electron chi connectivity index (χ4n) is 3.65. The Morgan fingerprint density at radius 3 is 2.33 bits per heavy atom. The van der Waals surface area contributed by atoms with Crippen molar-refractivity contribution in [3.63, 3.8) is 0 Å². The normalized spacial score (nSPS) is 17.1. The second kappa shape index (κ2) is 7.89. The van der Waals surface area contributed by atoms with Crippen molar-refractivity contribution in [2.75, 3.05) is 31.2 Å². The summed E-state index contributed by atoms with van der Waals surface area (Å²) in [4.78, 5) is 40.4. The Morgan fingerprint density at radius 2 is 1.70 bits per heavy atom. The van der Waals surface area contributed by atoms with Crippen LogP contribution in [0.5, 0.6) is 0 Å². The molecule has 0 radical (unpaired) electrons. The van der Waals surface area contributed by atoms with Gasteiger partial charge in [-0.3, -0.25) is 19.7 Å². The minimum atomic E-state index is -0.510. The number of hydrogen-bond donors (Lipinski definition) is 0. The molecule has 2 aromatic rings. The molecule has 30 heavy (non-hydrogen) atoms. The first-order chi connectivity index (χ1) is 14.4. The fourth-order valence-corrected chi connectivity index (χ4v) is 3.82. The number of aryl methyl sites for hydroxylation is 1. The first-order valence-corrected chi connectivity index (χ1v) is 9.73. The summed E-state index contributed by atoms with van der Waals surface area (Å²) >= 11 is 6.12. The van der Waals surface area contributed by atoms with Gasteiger partial charge in [-0.1, -0.05) is 17.7 Å². The third kappa shape index (κ3) is 3.44. The van der Waals surface area contributed by atoms with E-state index in [4.69, 9.17) is 16.3 Å². The maximum absolute atomic E-state index is 13.5. The molecule has 0 N–H and O–H groups in total. The predicted molar refractivity (Wildman–Crippen MR) is 111 cm³/mol. The molecule has 0 bridgehead atoms. The van der Waals surface area contributed by atoms with Crippen LogP contribution in [0.1, 0.15) is 11.1 Å². The molecule has 0 spiro atoms. The number of halogens is 1. The number of nitro groups is 1. The first kappa shape index (κ1) is 20.1. The van der Waals surface area contributed by atoms with E-state index in [2.05, 4.69) is 0 Å². The van der Waals surface area contributed by atoms with Gasteiger partial charge in [-0.2, -0.15) is 0 Å². The maximum Gasteiger partial charge on any atom is 0.282 e. The number of benzene rings is 2. The lowest BCUT2D eigenvalue weighted by Gasteiger charge is -2.29. The summed E-state index contributed by atoms with van der Waals surface area (Å²) in [6, 6.07) is 10.7. The van der Waals surface area contributed by atoms with Crippen LogP contribution in [-0.2, 0) is 14.3 Å². The molecule has 0 aromatic heterocycles. The van der Waals surface area contributed by atoms with Crippen LogP contribution in [0.2, 0.25) is 5.02 Å². The number of hydrogen-bond acceptors (Lipinski definition) is 6. The van der Waals surface area contributed by atoms with Crippen molar-refractivity contribution in [2.24, 2.45) is 0 Å². The quantitative estimate of drug-likeness (QED) is 0.422. The standard InChI is InChI=1S/C21H18ClN3O5/c1-13-2-5-15(22)12-17(13)24-20(26)18(14-3-6-16(7-4-14)25(28)29)19(21(24)27)23-8-10-30-11-9-23/h2-7,12H,8-11H2,1H3. The Morgan fingerprint density at radius 1 is 1.03 bits per heavy atom. The molecular weight excluding hydrogens is 410 g/mol. The number of amides is 2. The van der Waals surface area contributed by atoms with Crippen LogP contribution in [0.25, 0.3) is 5.57 Å². The lowest BCUT2D eigenvalue weighted by molar-refractivity contribution is -0.384. The van der Waals surface area contributed by atoms with Gasteiger partial charge in [0.25, 0.3) is 17.5 Å². The smallest absolute Gasteiger partial charge is 0.282 e. The summed E-state index contributed by atoms with van der Waals surface area (Å²) < 4.78 is 5.38. The SMILES string of the molecule is Cc1ccc(Cl)cc1N1C(=O)C(c2ccc([N+](=O)[O-])cc2)=C(N2CCOCC2)C1=O. The number of morpholine rings is 1. The monoisotopic (exact) mass is 427 g/mol. The summed E-state index contributed by atoms with van der Waals surface area (Å²) in [6.07, 6.45) is 0. The minimum absolute atomic E-state index is 0.0911. The van der Waals surface area contributed by atoms with Crippen LogP contribution in [0.15, 0.2) is 48.2 Å². The third-order valence-electron chi connectivity index (χ3n) is 5.17. The van der Waals surface area contributed by atoms with Gasteiger partial charge >= 0.3 is 0 Å². The van der Waals surface area contributed by atoms with Crippen molar-refractivity contribution in [1.29, 1.82) is 0 Å². The fraction of sp³-hybridized carbons (Fsp3) is 0.238. The van der Waals surface area contributed by atoms with Crippen molar-refractivity contribution in [2.45, 2.75) is 6.92 Å². The van der Waals surface area contributed by atoms with E-state index in [-0.39, 0.29) is 17.0 Å². The molecule has 154 valence electrons. The first-order valence-electron chi connectivity index (χ1n) is 9.35. The van der Waals surface area contributed by atoms with Crippen molar-refractivity contribution >= 4 is 40.4 Å². The van der Waals surface area contributed by atoms with E-state index in [0.29, 0.717) is 42.6 Å². The van der Waals surface area contributed by atoms with Crippen LogP contribution < -0.4 is 4.90 Å². The number of carbonyl (C=O) groups excluding carboxylic acids is 2. The molecule has 1 fully saturated rings. The van der Waals surface area contributed by atoms with Crippen molar-refractivity contribution in [1.82, 2.24) is 4.90 Å². The lowest BCUT2D eigenvalue weighted by Crippen LogP contribution is -2.40. The van der Waals surface area contributed by atoms with E-state index in [1.807, 2.05) is 4.90 Å². The van der Waals surface area contributed by atoms with E-state index >= 15 is 0 Å². The summed E-state index contributed by atoms with van der Waals surface area (Å²) in [5.74, 6) is -0.929. The zero-order chi connectivity index (χ0) is 21.4. The highest BCUT2D eigenvalue weighted by Crippen LogP contribution is 2.37. The Labute approximate surface area is 177 Å². The molecule has 0 atom stereocenters. The van der Waals surface area contributed by atoms with Crippen LogP contribution in [0.4, 0.5) is 11.4 Å². The van der Waals surface area contributed by atoms with Gasteiger partial charge in [0, 0.05) is 30.2 Å². The van der Waals surface area contributed by atoms with Crippen LogP contribution in [0.3, 0.4) is 0 Å². The number of anilines is 1. The van der Waals surface area contributed by atoms with Crippen molar-refractivity contribution < 1.29 is 19.2 Å². The van der Waals surface area contributed by atoms with Gasteiger partial charge in [0.1, 0.15) is 5.70 Å². The van der Waals surface area contributed by atoms with Gasteiger partial charge in [-0.05, 0) is 42.3 Å². The number of carbonyl (C=O) groups is 2. The molecule has 9 heteroatoms. The molecule has 1 saturated heterocycles. The van der Waals surface area contributed by atoms with Gasteiger partial charge in [0.05, 0.1) is 29.4 Å². The molecule has 4 rings (SSSR count). The number of ether oxygens (including phenoxy) is 1. The van der Waals surface area contributed by atoms with E-state index < -0.39 is 16.7 Å². The maximum atomic E-state index is 13.5. The number of imide groups is 1. The minimum Gasteiger partial charge on any atom is -0.378 e. The second-order valence-corrected chi connectivity index (χ2v) is 7.44. The Hall–Kier alpha value is -3.23. The molecule has 2 heterocycles. The van der Waals surface area contributed by atoms with Gasteiger partial charge < -0.3 is 9.64 Å². The third-order valence-corrected chi connectivity index (χ3v) is 5.40. The molecular formula is C21H18ClN3O5. The van der Waals surface area contributed by atoms with E-state index in [9.17, 15) is 19.7 Å². The summed E-state index contributed by atoms with van der Waals surface area (Å²) in [7, 11) is 0. The Bertz CT molecular complexity index is 1070. The summed E-state index contributed by atoms with van der Waals surface area (Å²) in [5, 5.41) is 11.4. The highest BCUT2D eigenvalue weighted by atomic mass is 35.5. The molecule has 2 aliphatic heterocycles. The number of rotatable bonds is 4. The molecule has 2 aliphatic rings. The largest absolute Gasteiger partial charge is 0.378 e. The molecule has 0 saturated carbocycles. The Kier molecular flexibility index (Phi) is 5.27. The highest BCUT2D eigenvalue weighted by Gasteiger charge is 2.43. The predicted octanol–water partition coefficient (Wildman–Crippen LogP) is 3.17. The van der Waals surface area contributed by atoms with Gasteiger partial charge in [0.15, 0.2) is 0 Å². The number of nitro benzene ring substituents is 1. The molecule has 8 nitrogen and oxygen atoms in total. The lowest BCUT2D eigenvalue weighted by atomic mass is 10.0. The van der Waals surface area contributed by atoms with Gasteiger partial charge in [-0.15, -0.1) is 0 Å². The Balaban J connectivity index is 1.84. The van der Waals surface area contributed by atoms with Crippen LogP contribution in [-0.4, -0.2) is 47.9 Å². The van der Waals surface area contributed by atoms with E-state index in [1.165, 1.54) is 24.3 Å². The van der Waals surface area contributed by atoms with Crippen LogP contribution in [0, 0.1) is 17.0 Å². The van der Waals surface area contributed by atoms with Crippen LogP contribution >= 0.6 is 11.6 Å². The van der Waals surface area contributed by atoms with Crippen molar-refractivity contribution in [3.8, 4) is 0 Å². The summed E-state index contributed by atoms with van der Waals surface area (Å²) in [6.45, 7) is 3.61. The number of nitrogens with zero attached hydrogens (tertiary/aromatic N) is 3. The highest BCUT2D eigenvalue weighted by molar-refractivity contribution is 6.45. The van der Waals surface area contributed by atoms with E-state index in [0.717, 1.165) is 10.5 Å². The van der Waals surface area contributed by atoms with E-state index in [1.54, 1.807) is 25.1 Å².